The zero-order valence-electron chi connectivity index (χ0n) is 11.2. The van der Waals surface area contributed by atoms with E-state index in [1.165, 1.54) is 0 Å². The van der Waals surface area contributed by atoms with Crippen LogP contribution in [0.2, 0.25) is 0 Å². The Morgan fingerprint density at radius 2 is 2.15 bits per heavy atom. The lowest BCUT2D eigenvalue weighted by molar-refractivity contribution is -0.144. The summed E-state index contributed by atoms with van der Waals surface area (Å²) < 4.78 is 7.42. The Hall–Kier alpha value is -1.47. The molecule has 1 fully saturated rings. The number of rotatable bonds is 2. The molecule has 0 saturated carbocycles. The first-order chi connectivity index (χ1) is 9.63. The molecule has 0 spiro atoms. The van der Waals surface area contributed by atoms with Gasteiger partial charge in [-0.1, -0.05) is 12.2 Å². The molecule has 108 valence electrons. The van der Waals surface area contributed by atoms with Crippen molar-refractivity contribution in [2.75, 3.05) is 19.8 Å². The fraction of sp³-hybridized carbons (Fsp3) is 0.615. The third-order valence-electron chi connectivity index (χ3n) is 4.26. The molecule has 0 unspecified atom stereocenters. The largest absolute Gasteiger partial charge is 0.392 e. The molecule has 7 heteroatoms. The Morgan fingerprint density at radius 3 is 2.85 bits per heavy atom. The van der Waals surface area contributed by atoms with Crippen LogP contribution in [-0.4, -0.2) is 45.1 Å². The maximum absolute atomic E-state index is 12.9. The molecule has 6 nitrogen and oxygen atoms in total. The Bertz CT molecular complexity index is 536. The van der Waals surface area contributed by atoms with Crippen LogP contribution in [0.25, 0.3) is 0 Å². The van der Waals surface area contributed by atoms with Crippen LogP contribution in [0.5, 0.6) is 0 Å². The Morgan fingerprint density at radius 1 is 1.40 bits per heavy atom. The first-order valence-corrected chi connectivity index (χ1v) is 7.21. The van der Waals surface area contributed by atoms with Gasteiger partial charge in [0.1, 0.15) is 11.2 Å². The van der Waals surface area contributed by atoms with Crippen molar-refractivity contribution in [3.05, 3.63) is 18.2 Å². The smallest absolute Gasteiger partial charge is 0.236 e. The average molecular weight is 294 g/mol. The SMILES string of the molecule is NC(=S)C1(C(=O)N2CCn3ccnc3C2)CCOCC1. The number of fused-ring (bicyclic) bond motifs is 1. The van der Waals surface area contributed by atoms with Crippen LogP contribution in [0.15, 0.2) is 12.4 Å². The van der Waals surface area contributed by atoms with Gasteiger partial charge in [0.25, 0.3) is 0 Å². The number of nitrogens with zero attached hydrogens (tertiary/aromatic N) is 3. The van der Waals surface area contributed by atoms with E-state index in [1.54, 1.807) is 6.20 Å². The zero-order valence-corrected chi connectivity index (χ0v) is 12.1. The minimum Gasteiger partial charge on any atom is -0.392 e. The van der Waals surface area contributed by atoms with Gasteiger partial charge in [-0.05, 0) is 12.8 Å². The van der Waals surface area contributed by atoms with E-state index in [-0.39, 0.29) is 5.91 Å². The molecule has 3 rings (SSSR count). The maximum Gasteiger partial charge on any atom is 0.236 e. The van der Waals surface area contributed by atoms with Gasteiger partial charge in [-0.25, -0.2) is 4.98 Å². The number of nitrogens with two attached hydrogens (primary N) is 1. The van der Waals surface area contributed by atoms with Gasteiger partial charge < -0.3 is 19.9 Å². The fourth-order valence-corrected chi connectivity index (χ4v) is 3.23. The highest BCUT2D eigenvalue weighted by molar-refractivity contribution is 7.80. The molecule has 20 heavy (non-hydrogen) atoms. The predicted molar refractivity (Wildman–Crippen MR) is 76.9 cm³/mol. The van der Waals surface area contributed by atoms with E-state index >= 15 is 0 Å². The molecule has 0 bridgehead atoms. The lowest BCUT2D eigenvalue weighted by atomic mass is 9.78. The van der Waals surface area contributed by atoms with E-state index in [2.05, 4.69) is 9.55 Å². The van der Waals surface area contributed by atoms with E-state index in [4.69, 9.17) is 22.7 Å². The van der Waals surface area contributed by atoms with Crippen molar-refractivity contribution in [2.24, 2.45) is 11.1 Å². The van der Waals surface area contributed by atoms with Crippen LogP contribution < -0.4 is 5.73 Å². The number of hydrogen-bond acceptors (Lipinski definition) is 4. The molecule has 2 N–H and O–H groups in total. The molecular formula is C13H18N4O2S. The van der Waals surface area contributed by atoms with E-state index in [0.717, 1.165) is 12.4 Å². The van der Waals surface area contributed by atoms with Gasteiger partial charge in [-0.2, -0.15) is 0 Å². The molecule has 0 radical (unpaired) electrons. The summed E-state index contributed by atoms with van der Waals surface area (Å²) in [6.07, 6.45) is 4.86. The van der Waals surface area contributed by atoms with Crippen LogP contribution in [0.1, 0.15) is 18.7 Å². The van der Waals surface area contributed by atoms with Crippen LogP contribution in [-0.2, 0) is 22.6 Å². The van der Waals surface area contributed by atoms with E-state index in [1.807, 2.05) is 11.1 Å². The number of amides is 1. The van der Waals surface area contributed by atoms with Gasteiger partial charge in [0.15, 0.2) is 0 Å². The minimum absolute atomic E-state index is 0.0301. The van der Waals surface area contributed by atoms with Gasteiger partial charge in [0.2, 0.25) is 5.91 Å². The predicted octanol–water partition coefficient (Wildman–Crippen LogP) is 0.308. The normalized spacial score (nSPS) is 21.3. The molecule has 1 aromatic heterocycles. The topological polar surface area (TPSA) is 73.4 Å². The number of thiocarbonyl (C=S) groups is 1. The van der Waals surface area contributed by atoms with E-state index in [9.17, 15) is 4.79 Å². The van der Waals surface area contributed by atoms with Crippen molar-refractivity contribution in [2.45, 2.75) is 25.9 Å². The molecule has 1 amide bonds. The second kappa shape index (κ2) is 5.14. The molecule has 2 aliphatic heterocycles. The van der Waals surface area contributed by atoms with Gasteiger partial charge in [-0.3, -0.25) is 4.79 Å². The number of carbonyl (C=O) groups excluding carboxylic acids is 1. The first-order valence-electron chi connectivity index (χ1n) is 6.80. The van der Waals surface area contributed by atoms with Crippen molar-refractivity contribution in [1.82, 2.24) is 14.5 Å². The summed E-state index contributed by atoms with van der Waals surface area (Å²) in [5.41, 5.74) is 5.16. The van der Waals surface area contributed by atoms with Crippen LogP contribution in [0.4, 0.5) is 0 Å². The lowest BCUT2D eigenvalue weighted by Gasteiger charge is -2.40. The summed E-state index contributed by atoms with van der Waals surface area (Å²) >= 11 is 5.19. The molecule has 1 saturated heterocycles. The molecule has 0 atom stereocenters. The van der Waals surface area contributed by atoms with Crippen molar-refractivity contribution < 1.29 is 9.53 Å². The third kappa shape index (κ3) is 2.10. The third-order valence-corrected chi connectivity index (χ3v) is 4.65. The molecule has 1 aromatic rings. The number of ether oxygens (including phenoxy) is 1. The minimum atomic E-state index is -0.734. The zero-order chi connectivity index (χ0) is 14.2. The summed E-state index contributed by atoms with van der Waals surface area (Å²) in [4.78, 5) is 19.3. The van der Waals surface area contributed by atoms with Gasteiger partial charge in [0.05, 0.1) is 11.5 Å². The molecule has 0 aliphatic carbocycles. The highest BCUT2D eigenvalue weighted by Gasteiger charge is 2.45. The summed E-state index contributed by atoms with van der Waals surface area (Å²) in [6, 6.07) is 0. The summed E-state index contributed by atoms with van der Waals surface area (Å²) in [5, 5.41) is 0. The molecule has 0 aromatic carbocycles. The number of carbonyl (C=O) groups is 1. The standard InChI is InChI=1S/C13H18N4O2S/c14-11(20)13(1-7-19-8-2-13)12(18)17-6-5-16-4-3-15-10(16)9-17/h3-4H,1-2,5-9H2,(H2,14,20). The van der Waals surface area contributed by atoms with Crippen LogP contribution in [0, 0.1) is 5.41 Å². The summed E-state index contributed by atoms with van der Waals surface area (Å²) in [7, 11) is 0. The molecular weight excluding hydrogens is 276 g/mol. The number of aromatic nitrogens is 2. The Balaban J connectivity index is 1.82. The first kappa shape index (κ1) is 13.5. The van der Waals surface area contributed by atoms with Gasteiger partial charge >= 0.3 is 0 Å². The van der Waals surface area contributed by atoms with Gasteiger partial charge in [-0.15, -0.1) is 0 Å². The second-order valence-electron chi connectivity index (χ2n) is 5.32. The average Bonchev–Trinajstić information content (AvgIpc) is 2.94. The summed E-state index contributed by atoms with van der Waals surface area (Å²) in [5.74, 6) is 0.942. The van der Waals surface area contributed by atoms with Crippen LogP contribution >= 0.6 is 12.2 Å². The van der Waals surface area contributed by atoms with Crippen molar-refractivity contribution in [3.8, 4) is 0 Å². The van der Waals surface area contributed by atoms with E-state index < -0.39 is 5.41 Å². The fourth-order valence-electron chi connectivity index (χ4n) is 2.94. The monoisotopic (exact) mass is 294 g/mol. The number of hydrogen-bond donors (Lipinski definition) is 1. The second-order valence-corrected chi connectivity index (χ2v) is 5.76. The van der Waals surface area contributed by atoms with E-state index in [0.29, 0.717) is 44.1 Å². The number of imidazole rings is 1. The van der Waals surface area contributed by atoms with Gasteiger partial charge in [0, 0.05) is 38.7 Å². The molecule has 2 aliphatic rings. The quantitative estimate of drug-likeness (QED) is 0.795. The summed E-state index contributed by atoms with van der Waals surface area (Å²) in [6.45, 7) is 3.03. The maximum atomic E-state index is 12.9. The van der Waals surface area contributed by atoms with Crippen LogP contribution in [0.3, 0.4) is 0 Å². The van der Waals surface area contributed by atoms with Crippen molar-refractivity contribution >= 4 is 23.1 Å². The lowest BCUT2D eigenvalue weighted by Crippen LogP contribution is -2.54. The van der Waals surface area contributed by atoms with Crippen molar-refractivity contribution in [1.29, 1.82) is 0 Å². The Labute approximate surface area is 122 Å². The van der Waals surface area contributed by atoms with Crippen molar-refractivity contribution in [3.63, 3.8) is 0 Å². The highest BCUT2D eigenvalue weighted by Crippen LogP contribution is 2.34. The highest BCUT2D eigenvalue weighted by atomic mass is 32.1. The molecule has 3 heterocycles. The Kier molecular flexibility index (Phi) is 3.47.